The molecule has 4 nitrogen and oxygen atoms in total. The Labute approximate surface area is 154 Å². The molecule has 1 atom stereocenters. The van der Waals surface area contributed by atoms with Gasteiger partial charge < -0.3 is 4.90 Å². The number of rotatable bonds is 3. The second-order valence-corrected chi connectivity index (χ2v) is 8.80. The lowest BCUT2D eigenvalue weighted by Gasteiger charge is -2.33. The normalized spacial score (nSPS) is 18.6. The van der Waals surface area contributed by atoms with Crippen LogP contribution in [0.3, 0.4) is 0 Å². The van der Waals surface area contributed by atoms with Crippen LogP contribution in [0.5, 0.6) is 0 Å². The fourth-order valence-electron chi connectivity index (χ4n) is 3.17. The first-order chi connectivity index (χ1) is 11.9. The molecule has 1 fully saturated rings. The van der Waals surface area contributed by atoms with Crippen LogP contribution in [-0.2, 0) is 10.2 Å². The maximum Gasteiger partial charge on any atom is 0.233 e. The van der Waals surface area contributed by atoms with Gasteiger partial charge in [-0.1, -0.05) is 50.7 Å². The minimum atomic E-state index is -0.120. The minimum absolute atomic E-state index is 0.120. The van der Waals surface area contributed by atoms with Gasteiger partial charge in [-0.25, -0.2) is 9.97 Å². The molecule has 0 bridgehead atoms. The highest BCUT2D eigenvalue weighted by atomic mass is 32.2. The van der Waals surface area contributed by atoms with Crippen molar-refractivity contribution in [2.24, 2.45) is 0 Å². The van der Waals surface area contributed by atoms with Crippen LogP contribution in [0.25, 0.3) is 10.9 Å². The number of carbonyl (C=O) groups excluding carboxylic acids is 1. The van der Waals surface area contributed by atoms with E-state index in [-0.39, 0.29) is 11.3 Å². The number of para-hydroxylation sites is 1. The molecule has 1 aromatic carbocycles. The van der Waals surface area contributed by atoms with Crippen molar-refractivity contribution in [3.05, 3.63) is 30.1 Å². The van der Waals surface area contributed by atoms with Gasteiger partial charge in [-0.15, -0.1) is 0 Å². The number of benzene rings is 1. The van der Waals surface area contributed by atoms with E-state index in [1.54, 1.807) is 11.8 Å². The van der Waals surface area contributed by atoms with Crippen molar-refractivity contribution in [2.45, 2.75) is 63.4 Å². The molecule has 0 radical (unpaired) electrons. The first-order valence-corrected chi connectivity index (χ1v) is 10.0. The van der Waals surface area contributed by atoms with Gasteiger partial charge in [0, 0.05) is 23.4 Å². The molecule has 0 unspecified atom stereocenters. The van der Waals surface area contributed by atoms with Gasteiger partial charge in [0.2, 0.25) is 5.91 Å². The number of hydrogen-bond donors (Lipinski definition) is 0. The van der Waals surface area contributed by atoms with E-state index in [4.69, 9.17) is 9.97 Å². The van der Waals surface area contributed by atoms with Crippen LogP contribution in [0.2, 0.25) is 0 Å². The van der Waals surface area contributed by atoms with Crippen molar-refractivity contribution in [3.63, 3.8) is 0 Å². The Morgan fingerprint density at radius 1 is 1.24 bits per heavy atom. The van der Waals surface area contributed by atoms with E-state index in [1.807, 2.05) is 29.2 Å². The number of aromatic nitrogens is 2. The molecule has 2 aromatic rings. The summed E-state index contributed by atoms with van der Waals surface area (Å²) in [6, 6.07) is 8.41. The number of fused-ring (bicyclic) bond motifs is 1. The molecule has 0 aliphatic carbocycles. The summed E-state index contributed by atoms with van der Waals surface area (Å²) in [5.41, 5.74) is 0.828. The van der Waals surface area contributed by atoms with E-state index in [2.05, 4.69) is 27.7 Å². The summed E-state index contributed by atoms with van der Waals surface area (Å²) in [4.78, 5) is 24.2. The van der Waals surface area contributed by atoms with E-state index < -0.39 is 0 Å². The first kappa shape index (κ1) is 18.2. The standard InChI is InChI=1S/C20H27N3OS/c1-14-9-7-8-12-23(14)17(24)13-25-18-15-10-5-6-11-16(15)21-19(22-18)20(2,3)4/h5-6,10-11,14H,7-9,12-13H2,1-4H3/t14-/m1/s1. The Bertz CT molecular complexity index is 769. The molecule has 134 valence electrons. The van der Waals surface area contributed by atoms with Gasteiger partial charge in [-0.3, -0.25) is 4.79 Å². The summed E-state index contributed by atoms with van der Waals surface area (Å²) in [5, 5.41) is 1.94. The molecule has 1 saturated heterocycles. The number of amides is 1. The molecule has 3 rings (SSSR count). The zero-order valence-corrected chi connectivity index (χ0v) is 16.4. The molecule has 5 heteroatoms. The molecule has 1 aliphatic heterocycles. The Balaban J connectivity index is 1.84. The van der Waals surface area contributed by atoms with E-state index >= 15 is 0 Å². The Morgan fingerprint density at radius 2 is 2.00 bits per heavy atom. The molecular weight excluding hydrogens is 330 g/mol. The summed E-state index contributed by atoms with van der Waals surface area (Å²) >= 11 is 1.54. The van der Waals surface area contributed by atoms with Crippen molar-refractivity contribution in [1.82, 2.24) is 14.9 Å². The summed E-state index contributed by atoms with van der Waals surface area (Å²) in [5.74, 6) is 1.49. The number of nitrogens with zero attached hydrogens (tertiary/aromatic N) is 3. The molecular formula is C20H27N3OS. The summed E-state index contributed by atoms with van der Waals surface area (Å²) in [6.07, 6.45) is 3.45. The van der Waals surface area contributed by atoms with Crippen molar-refractivity contribution in [2.75, 3.05) is 12.3 Å². The van der Waals surface area contributed by atoms with Gasteiger partial charge in [0.1, 0.15) is 10.9 Å². The van der Waals surface area contributed by atoms with Gasteiger partial charge >= 0.3 is 0 Å². The van der Waals surface area contributed by atoms with Crippen molar-refractivity contribution < 1.29 is 4.79 Å². The lowest BCUT2D eigenvalue weighted by atomic mass is 9.95. The van der Waals surface area contributed by atoms with Crippen molar-refractivity contribution in [3.8, 4) is 0 Å². The van der Waals surface area contributed by atoms with Gasteiger partial charge in [-0.05, 0) is 32.3 Å². The molecule has 0 spiro atoms. The maximum absolute atomic E-state index is 12.7. The van der Waals surface area contributed by atoms with E-state index in [1.165, 1.54) is 6.42 Å². The van der Waals surface area contributed by atoms with Crippen LogP contribution in [-0.4, -0.2) is 39.1 Å². The van der Waals surface area contributed by atoms with E-state index in [9.17, 15) is 4.79 Å². The summed E-state index contributed by atoms with van der Waals surface area (Å²) in [6.45, 7) is 9.39. The molecule has 2 heterocycles. The number of likely N-dealkylation sites (tertiary alicyclic amines) is 1. The third-order valence-corrected chi connectivity index (χ3v) is 5.67. The minimum Gasteiger partial charge on any atom is -0.339 e. The number of piperidine rings is 1. The second-order valence-electron chi connectivity index (χ2n) is 7.84. The average molecular weight is 358 g/mol. The van der Waals surface area contributed by atoms with Crippen LogP contribution in [0.15, 0.2) is 29.3 Å². The summed E-state index contributed by atoms with van der Waals surface area (Å²) in [7, 11) is 0. The molecule has 1 aliphatic rings. The monoisotopic (exact) mass is 357 g/mol. The van der Waals surface area contributed by atoms with Crippen LogP contribution in [0.1, 0.15) is 52.8 Å². The van der Waals surface area contributed by atoms with Gasteiger partial charge in [0.05, 0.1) is 11.3 Å². The largest absolute Gasteiger partial charge is 0.339 e. The van der Waals surface area contributed by atoms with Crippen molar-refractivity contribution >= 4 is 28.6 Å². The quantitative estimate of drug-likeness (QED) is 0.602. The molecule has 0 N–H and O–H groups in total. The smallest absolute Gasteiger partial charge is 0.233 e. The third kappa shape index (κ3) is 4.14. The second kappa shape index (κ2) is 7.32. The average Bonchev–Trinajstić information content (AvgIpc) is 2.58. The predicted molar refractivity (Wildman–Crippen MR) is 104 cm³/mol. The lowest BCUT2D eigenvalue weighted by molar-refractivity contribution is -0.131. The SMILES string of the molecule is C[C@@H]1CCCCN1C(=O)CSc1nc(C(C)(C)C)nc2ccccc12. The van der Waals surface area contributed by atoms with Crippen LogP contribution < -0.4 is 0 Å². The van der Waals surface area contributed by atoms with Crippen LogP contribution in [0, 0.1) is 0 Å². The fraction of sp³-hybridized carbons (Fsp3) is 0.550. The van der Waals surface area contributed by atoms with Gasteiger partial charge in [0.15, 0.2) is 0 Å². The van der Waals surface area contributed by atoms with Gasteiger partial charge in [-0.2, -0.15) is 0 Å². The first-order valence-electron chi connectivity index (χ1n) is 9.06. The number of carbonyl (C=O) groups is 1. The molecule has 0 saturated carbocycles. The zero-order chi connectivity index (χ0) is 18.0. The highest BCUT2D eigenvalue weighted by molar-refractivity contribution is 8.00. The van der Waals surface area contributed by atoms with E-state index in [0.717, 1.165) is 41.1 Å². The number of hydrogen-bond acceptors (Lipinski definition) is 4. The lowest BCUT2D eigenvalue weighted by Crippen LogP contribution is -2.42. The Hall–Kier alpha value is -1.62. The van der Waals surface area contributed by atoms with E-state index in [0.29, 0.717) is 11.8 Å². The summed E-state index contributed by atoms with van der Waals surface area (Å²) < 4.78 is 0. The Morgan fingerprint density at radius 3 is 2.72 bits per heavy atom. The zero-order valence-electron chi connectivity index (χ0n) is 15.6. The topological polar surface area (TPSA) is 46.1 Å². The van der Waals surface area contributed by atoms with Gasteiger partial charge in [0.25, 0.3) is 0 Å². The molecule has 1 amide bonds. The fourth-order valence-corrected chi connectivity index (χ4v) is 4.08. The maximum atomic E-state index is 12.7. The third-order valence-electron chi connectivity index (χ3n) is 4.69. The van der Waals surface area contributed by atoms with Crippen LogP contribution >= 0.6 is 11.8 Å². The predicted octanol–water partition coefficient (Wildman–Crippen LogP) is 4.42. The number of thioether (sulfide) groups is 1. The Kier molecular flexibility index (Phi) is 5.32. The highest BCUT2D eigenvalue weighted by Crippen LogP contribution is 2.29. The molecule has 1 aromatic heterocycles. The van der Waals surface area contributed by atoms with Crippen molar-refractivity contribution in [1.29, 1.82) is 0 Å². The highest BCUT2D eigenvalue weighted by Gasteiger charge is 2.24. The molecule has 25 heavy (non-hydrogen) atoms. The van der Waals surface area contributed by atoms with Crippen LogP contribution in [0.4, 0.5) is 0 Å².